The maximum absolute atomic E-state index is 11.2. The van der Waals surface area contributed by atoms with Crippen molar-refractivity contribution >= 4 is 17.5 Å². The molecule has 0 heterocycles. The zero-order valence-corrected chi connectivity index (χ0v) is 7.90. The molecule has 0 fully saturated rings. The highest BCUT2D eigenvalue weighted by Crippen LogP contribution is 2.12. The Morgan fingerprint density at radius 2 is 2.25 bits per heavy atom. The zero-order chi connectivity index (χ0) is 9.78. The molecule has 0 aliphatic heterocycles. The van der Waals surface area contributed by atoms with Crippen LogP contribution in [0.15, 0.2) is 11.6 Å². The molecular weight excluding hydrogens is 176 g/mol. The average Bonchev–Trinajstić information content (AvgIpc) is 2.00. The number of carbonyl (C=O) groups is 1. The second-order valence-corrected chi connectivity index (χ2v) is 3.47. The van der Waals surface area contributed by atoms with E-state index in [2.05, 4.69) is 11.9 Å². The molecule has 1 N–H and O–H groups in total. The number of carbonyl (C=O) groups excluding carboxylic acids is 1. The Hall–Kier alpha value is -1.01. The van der Waals surface area contributed by atoms with Crippen molar-refractivity contribution in [2.24, 2.45) is 5.41 Å². The summed E-state index contributed by atoms with van der Waals surface area (Å²) in [4.78, 5) is 11.2. The normalized spacial score (nSPS) is 10.2. The van der Waals surface area contributed by atoms with Crippen LogP contribution in [0.3, 0.4) is 0 Å². The molecule has 0 saturated carbocycles. The number of halogens is 1. The second kappa shape index (κ2) is 4.13. The van der Waals surface area contributed by atoms with Gasteiger partial charge in [0.25, 0.3) is 0 Å². The SMILES string of the molecule is C=C(Cl)CNC(=O)C(C)(C)C#N. The molecule has 4 heteroatoms. The van der Waals surface area contributed by atoms with Gasteiger partial charge in [0.15, 0.2) is 0 Å². The summed E-state index contributed by atoms with van der Waals surface area (Å²) in [5.41, 5.74) is -1.01. The van der Waals surface area contributed by atoms with E-state index in [0.717, 1.165) is 0 Å². The largest absolute Gasteiger partial charge is 0.350 e. The Labute approximate surface area is 77.0 Å². The first-order valence-electron chi connectivity index (χ1n) is 3.43. The maximum Gasteiger partial charge on any atom is 0.240 e. The van der Waals surface area contributed by atoms with E-state index in [1.165, 1.54) is 0 Å². The van der Waals surface area contributed by atoms with Crippen molar-refractivity contribution < 1.29 is 4.79 Å². The van der Waals surface area contributed by atoms with E-state index >= 15 is 0 Å². The summed E-state index contributed by atoms with van der Waals surface area (Å²) in [7, 11) is 0. The fraction of sp³-hybridized carbons (Fsp3) is 0.500. The van der Waals surface area contributed by atoms with Crippen LogP contribution in [0.2, 0.25) is 0 Å². The number of hydrogen-bond donors (Lipinski definition) is 1. The third kappa shape index (κ3) is 3.40. The van der Waals surface area contributed by atoms with Gasteiger partial charge < -0.3 is 5.32 Å². The monoisotopic (exact) mass is 186 g/mol. The van der Waals surface area contributed by atoms with E-state index in [1.54, 1.807) is 13.8 Å². The van der Waals surface area contributed by atoms with Crippen LogP contribution < -0.4 is 5.32 Å². The van der Waals surface area contributed by atoms with Gasteiger partial charge in [0.05, 0.1) is 12.6 Å². The number of nitrogens with zero attached hydrogens (tertiary/aromatic N) is 1. The van der Waals surface area contributed by atoms with E-state index in [9.17, 15) is 4.79 Å². The lowest BCUT2D eigenvalue weighted by atomic mass is 9.95. The fourth-order valence-corrected chi connectivity index (χ4v) is 0.515. The lowest BCUT2D eigenvalue weighted by Gasteiger charge is -2.14. The molecule has 1 amide bonds. The molecular formula is C8H11ClN2O. The van der Waals surface area contributed by atoms with Gasteiger partial charge >= 0.3 is 0 Å². The Morgan fingerprint density at radius 1 is 1.75 bits per heavy atom. The van der Waals surface area contributed by atoms with Crippen LogP contribution in [0.5, 0.6) is 0 Å². The smallest absolute Gasteiger partial charge is 0.240 e. The Morgan fingerprint density at radius 3 is 2.58 bits per heavy atom. The lowest BCUT2D eigenvalue weighted by Crippen LogP contribution is -2.36. The predicted molar refractivity (Wildman–Crippen MR) is 47.4 cm³/mol. The molecule has 0 spiro atoms. The minimum Gasteiger partial charge on any atom is -0.350 e. The summed E-state index contributed by atoms with van der Waals surface area (Å²) in [5, 5.41) is 11.4. The molecule has 0 bridgehead atoms. The van der Waals surface area contributed by atoms with E-state index < -0.39 is 5.41 Å². The molecule has 0 atom stereocenters. The highest BCUT2D eigenvalue weighted by Gasteiger charge is 2.26. The van der Waals surface area contributed by atoms with Gasteiger partial charge in [0, 0.05) is 5.03 Å². The molecule has 0 radical (unpaired) electrons. The summed E-state index contributed by atoms with van der Waals surface area (Å²) in [6, 6.07) is 1.88. The van der Waals surface area contributed by atoms with Crippen molar-refractivity contribution in [3.8, 4) is 6.07 Å². The molecule has 0 unspecified atom stereocenters. The van der Waals surface area contributed by atoms with Gasteiger partial charge in [-0.2, -0.15) is 5.26 Å². The van der Waals surface area contributed by atoms with Crippen molar-refractivity contribution in [1.82, 2.24) is 5.32 Å². The number of hydrogen-bond acceptors (Lipinski definition) is 2. The summed E-state index contributed by atoms with van der Waals surface area (Å²) < 4.78 is 0. The first-order valence-corrected chi connectivity index (χ1v) is 3.81. The minimum absolute atomic E-state index is 0.200. The topological polar surface area (TPSA) is 52.9 Å². The third-order valence-electron chi connectivity index (χ3n) is 1.29. The Balaban J connectivity index is 4.07. The van der Waals surface area contributed by atoms with Crippen molar-refractivity contribution in [2.75, 3.05) is 6.54 Å². The van der Waals surface area contributed by atoms with Gasteiger partial charge in [-0.05, 0) is 13.8 Å². The van der Waals surface area contributed by atoms with E-state index in [0.29, 0.717) is 5.03 Å². The average molecular weight is 187 g/mol. The zero-order valence-electron chi connectivity index (χ0n) is 7.15. The first kappa shape index (κ1) is 11.0. The maximum atomic E-state index is 11.2. The molecule has 0 saturated heterocycles. The second-order valence-electron chi connectivity index (χ2n) is 2.94. The van der Waals surface area contributed by atoms with Gasteiger partial charge in [-0.1, -0.05) is 18.2 Å². The lowest BCUT2D eigenvalue weighted by molar-refractivity contribution is -0.126. The third-order valence-corrected chi connectivity index (χ3v) is 1.42. The molecule has 0 aliphatic rings. The van der Waals surface area contributed by atoms with Crippen LogP contribution in [0.25, 0.3) is 0 Å². The van der Waals surface area contributed by atoms with Gasteiger partial charge in [-0.25, -0.2) is 0 Å². The summed E-state index contributed by atoms with van der Waals surface area (Å²) in [6.45, 7) is 6.68. The summed E-state index contributed by atoms with van der Waals surface area (Å²) in [6.07, 6.45) is 0. The number of rotatable bonds is 3. The minimum atomic E-state index is -1.01. The molecule has 0 aliphatic carbocycles. The van der Waals surface area contributed by atoms with Crippen LogP contribution >= 0.6 is 11.6 Å². The van der Waals surface area contributed by atoms with Crippen LogP contribution in [-0.4, -0.2) is 12.5 Å². The van der Waals surface area contributed by atoms with E-state index in [4.69, 9.17) is 16.9 Å². The predicted octanol–water partition coefficient (Wildman–Crippen LogP) is 1.40. The molecule has 66 valence electrons. The number of nitriles is 1. The quantitative estimate of drug-likeness (QED) is 0.725. The van der Waals surface area contributed by atoms with Crippen molar-refractivity contribution in [1.29, 1.82) is 5.26 Å². The van der Waals surface area contributed by atoms with Crippen molar-refractivity contribution in [2.45, 2.75) is 13.8 Å². The molecule has 3 nitrogen and oxygen atoms in total. The van der Waals surface area contributed by atoms with Crippen LogP contribution in [0.1, 0.15) is 13.8 Å². The molecule has 0 aromatic rings. The van der Waals surface area contributed by atoms with Crippen molar-refractivity contribution in [3.05, 3.63) is 11.6 Å². The fourth-order valence-electron chi connectivity index (χ4n) is 0.448. The Kier molecular flexibility index (Phi) is 3.78. The van der Waals surface area contributed by atoms with Crippen LogP contribution in [0.4, 0.5) is 0 Å². The number of amides is 1. The van der Waals surface area contributed by atoms with Crippen LogP contribution in [0, 0.1) is 16.7 Å². The highest BCUT2D eigenvalue weighted by atomic mass is 35.5. The van der Waals surface area contributed by atoms with E-state index in [1.807, 2.05) is 6.07 Å². The van der Waals surface area contributed by atoms with Gasteiger partial charge in [-0.3, -0.25) is 4.79 Å². The first-order chi connectivity index (χ1) is 5.40. The highest BCUT2D eigenvalue weighted by molar-refractivity contribution is 6.29. The molecule has 0 rings (SSSR count). The molecule has 0 aromatic heterocycles. The molecule has 12 heavy (non-hydrogen) atoms. The van der Waals surface area contributed by atoms with E-state index in [-0.39, 0.29) is 12.5 Å². The van der Waals surface area contributed by atoms with Crippen molar-refractivity contribution in [3.63, 3.8) is 0 Å². The van der Waals surface area contributed by atoms with Gasteiger partial charge in [-0.15, -0.1) is 0 Å². The summed E-state index contributed by atoms with van der Waals surface area (Å²) >= 11 is 5.42. The van der Waals surface area contributed by atoms with Gasteiger partial charge in [0.2, 0.25) is 5.91 Å². The van der Waals surface area contributed by atoms with Gasteiger partial charge in [0.1, 0.15) is 5.41 Å². The summed E-state index contributed by atoms with van der Waals surface area (Å²) in [5.74, 6) is -0.341. The van der Waals surface area contributed by atoms with Crippen LogP contribution in [-0.2, 0) is 4.79 Å². The number of nitrogens with one attached hydrogen (secondary N) is 1. The molecule has 0 aromatic carbocycles. The Bertz CT molecular complexity index is 240. The standard InChI is InChI=1S/C8H11ClN2O/c1-6(9)4-11-7(12)8(2,3)5-10/h1,4H2,2-3H3,(H,11,12).